The summed E-state index contributed by atoms with van der Waals surface area (Å²) in [4.78, 5) is 0.204. The van der Waals surface area contributed by atoms with Gasteiger partial charge in [-0.05, 0) is 5.56 Å². The summed E-state index contributed by atoms with van der Waals surface area (Å²) in [7, 11) is -1.87. The predicted octanol–water partition coefficient (Wildman–Crippen LogP) is 1.12. The van der Waals surface area contributed by atoms with E-state index in [0.717, 1.165) is 0 Å². The summed E-state index contributed by atoms with van der Waals surface area (Å²) in [5, 5.41) is 0. The molecule has 0 unspecified atom stereocenters. The molecular weight excluding hydrogens is 296 g/mol. The third-order valence-electron chi connectivity index (χ3n) is 2.91. The van der Waals surface area contributed by atoms with Crippen LogP contribution in [0.15, 0.2) is 24.3 Å². The van der Waals surface area contributed by atoms with Crippen LogP contribution in [0.2, 0.25) is 0 Å². The van der Waals surface area contributed by atoms with E-state index in [0.29, 0.717) is 30.8 Å². The Kier molecular flexibility index (Phi) is 6.54. The molecule has 0 aromatic heterocycles. The Bertz CT molecular complexity index is 558. The summed E-state index contributed by atoms with van der Waals surface area (Å²) in [6.07, 6.45) is 0. The van der Waals surface area contributed by atoms with Crippen LogP contribution in [0.25, 0.3) is 0 Å². The molecule has 5 nitrogen and oxygen atoms in total. The second kappa shape index (κ2) is 7.68. The number of likely N-dealkylation sites (N-methyl/N-ethyl adjacent to an activating group) is 1. The van der Waals surface area contributed by atoms with Gasteiger partial charge in [0.2, 0.25) is 10.0 Å². The van der Waals surface area contributed by atoms with Crippen molar-refractivity contribution >= 4 is 27.2 Å². The third-order valence-corrected chi connectivity index (χ3v) is 5.03. The number of thiocarbonyl (C=S) groups is 1. The lowest BCUT2D eigenvalue weighted by atomic mass is 10.1. The molecule has 0 saturated heterocycles. The molecule has 0 heterocycles. The molecule has 2 N–H and O–H groups in total. The summed E-state index contributed by atoms with van der Waals surface area (Å²) in [5.41, 5.74) is 6.85. The Balaban J connectivity index is 2.98. The van der Waals surface area contributed by atoms with Crippen molar-refractivity contribution in [1.29, 1.82) is 0 Å². The lowest BCUT2D eigenvalue weighted by Crippen LogP contribution is -2.35. The molecule has 0 bridgehead atoms. The SMILES string of the molecule is CCN(CCOC)S(=O)(=O)Cc1ccccc1C(N)=S. The summed E-state index contributed by atoms with van der Waals surface area (Å²) < 4.78 is 31.1. The van der Waals surface area contributed by atoms with Gasteiger partial charge in [0.05, 0.1) is 12.4 Å². The smallest absolute Gasteiger partial charge is 0.218 e. The average molecular weight is 316 g/mol. The van der Waals surface area contributed by atoms with Gasteiger partial charge in [-0.1, -0.05) is 43.4 Å². The van der Waals surface area contributed by atoms with Gasteiger partial charge in [0.15, 0.2) is 0 Å². The molecule has 0 fully saturated rings. The zero-order valence-electron chi connectivity index (χ0n) is 11.7. The zero-order valence-corrected chi connectivity index (χ0v) is 13.3. The molecule has 112 valence electrons. The topological polar surface area (TPSA) is 72.6 Å². The maximum Gasteiger partial charge on any atom is 0.218 e. The molecule has 7 heteroatoms. The van der Waals surface area contributed by atoms with Gasteiger partial charge in [0.1, 0.15) is 4.99 Å². The van der Waals surface area contributed by atoms with Crippen molar-refractivity contribution < 1.29 is 13.2 Å². The minimum atomic E-state index is -3.42. The van der Waals surface area contributed by atoms with Crippen molar-refractivity contribution in [2.24, 2.45) is 5.73 Å². The quantitative estimate of drug-likeness (QED) is 0.728. The van der Waals surface area contributed by atoms with E-state index in [4.69, 9.17) is 22.7 Å². The molecule has 0 aliphatic rings. The number of ether oxygens (including phenoxy) is 1. The van der Waals surface area contributed by atoms with Crippen LogP contribution >= 0.6 is 12.2 Å². The van der Waals surface area contributed by atoms with Crippen molar-refractivity contribution in [3.05, 3.63) is 35.4 Å². The highest BCUT2D eigenvalue weighted by Gasteiger charge is 2.22. The minimum absolute atomic E-state index is 0.113. The van der Waals surface area contributed by atoms with Crippen LogP contribution in [0.1, 0.15) is 18.1 Å². The Morgan fingerprint density at radius 2 is 2.05 bits per heavy atom. The van der Waals surface area contributed by atoms with Gasteiger partial charge in [-0.25, -0.2) is 8.42 Å². The standard InChI is InChI=1S/C13H20N2O3S2/c1-3-15(8-9-18-2)20(16,17)10-11-6-4-5-7-12(11)13(14)19/h4-7H,3,8-10H2,1-2H3,(H2,14,19). The summed E-state index contributed by atoms with van der Waals surface area (Å²) in [6.45, 7) is 2.90. The first kappa shape index (κ1) is 17.0. The Labute approximate surface area is 125 Å². The Hall–Kier alpha value is -1.02. The van der Waals surface area contributed by atoms with Crippen LogP contribution in [0, 0.1) is 0 Å². The molecule has 0 radical (unpaired) electrons. The fourth-order valence-corrected chi connectivity index (χ4v) is 3.63. The van der Waals surface area contributed by atoms with E-state index in [1.165, 1.54) is 4.31 Å². The Morgan fingerprint density at radius 3 is 2.60 bits per heavy atom. The monoisotopic (exact) mass is 316 g/mol. The van der Waals surface area contributed by atoms with Crippen LogP contribution < -0.4 is 5.73 Å². The van der Waals surface area contributed by atoms with E-state index < -0.39 is 10.0 Å². The first-order valence-corrected chi connectivity index (χ1v) is 8.28. The molecule has 0 spiro atoms. The Morgan fingerprint density at radius 1 is 1.40 bits per heavy atom. The number of hydrogen-bond acceptors (Lipinski definition) is 4. The zero-order chi connectivity index (χ0) is 15.2. The van der Waals surface area contributed by atoms with E-state index in [2.05, 4.69) is 0 Å². The van der Waals surface area contributed by atoms with Crippen LogP contribution in [0.5, 0.6) is 0 Å². The highest BCUT2D eigenvalue weighted by molar-refractivity contribution is 7.88. The molecule has 1 aromatic rings. The minimum Gasteiger partial charge on any atom is -0.389 e. The lowest BCUT2D eigenvalue weighted by molar-refractivity contribution is 0.180. The summed E-state index contributed by atoms with van der Waals surface area (Å²) in [5.74, 6) is -0.113. The molecule has 0 atom stereocenters. The normalized spacial score (nSPS) is 11.8. The summed E-state index contributed by atoms with van der Waals surface area (Å²) >= 11 is 4.95. The first-order chi connectivity index (χ1) is 9.42. The second-order valence-corrected chi connectivity index (χ2v) is 6.67. The molecule has 0 aliphatic heterocycles. The highest BCUT2D eigenvalue weighted by Crippen LogP contribution is 2.15. The number of nitrogens with two attached hydrogens (primary N) is 1. The van der Waals surface area contributed by atoms with Crippen molar-refractivity contribution in [2.75, 3.05) is 26.8 Å². The van der Waals surface area contributed by atoms with Crippen LogP contribution in [-0.4, -0.2) is 44.5 Å². The van der Waals surface area contributed by atoms with Gasteiger partial charge in [-0.3, -0.25) is 0 Å². The van der Waals surface area contributed by atoms with Crippen molar-refractivity contribution in [2.45, 2.75) is 12.7 Å². The van der Waals surface area contributed by atoms with E-state index in [9.17, 15) is 8.42 Å². The fourth-order valence-electron chi connectivity index (χ4n) is 1.86. The molecular formula is C13H20N2O3S2. The van der Waals surface area contributed by atoms with E-state index in [-0.39, 0.29) is 10.7 Å². The van der Waals surface area contributed by atoms with E-state index in [1.807, 2.05) is 0 Å². The van der Waals surface area contributed by atoms with Crippen LogP contribution in [0.3, 0.4) is 0 Å². The largest absolute Gasteiger partial charge is 0.389 e. The number of methoxy groups -OCH3 is 1. The molecule has 20 heavy (non-hydrogen) atoms. The van der Waals surface area contributed by atoms with Gasteiger partial charge in [-0.15, -0.1) is 0 Å². The molecule has 0 aliphatic carbocycles. The van der Waals surface area contributed by atoms with Gasteiger partial charge < -0.3 is 10.5 Å². The van der Waals surface area contributed by atoms with Crippen LogP contribution in [0.4, 0.5) is 0 Å². The number of hydrogen-bond donors (Lipinski definition) is 1. The maximum absolute atomic E-state index is 12.4. The van der Waals surface area contributed by atoms with Gasteiger partial charge >= 0.3 is 0 Å². The van der Waals surface area contributed by atoms with Crippen molar-refractivity contribution in [1.82, 2.24) is 4.31 Å². The second-order valence-electron chi connectivity index (χ2n) is 4.26. The third kappa shape index (κ3) is 4.52. The lowest BCUT2D eigenvalue weighted by Gasteiger charge is -2.20. The van der Waals surface area contributed by atoms with Gasteiger partial charge in [0, 0.05) is 25.8 Å². The number of benzene rings is 1. The summed E-state index contributed by atoms with van der Waals surface area (Å²) in [6, 6.07) is 7.03. The number of sulfonamides is 1. The molecule has 0 saturated carbocycles. The number of nitrogens with zero attached hydrogens (tertiary/aromatic N) is 1. The highest BCUT2D eigenvalue weighted by atomic mass is 32.2. The molecule has 1 rings (SSSR count). The average Bonchev–Trinajstić information content (AvgIpc) is 2.39. The fraction of sp³-hybridized carbons (Fsp3) is 0.462. The molecule has 1 aromatic carbocycles. The van der Waals surface area contributed by atoms with E-state index in [1.54, 1.807) is 38.3 Å². The predicted molar refractivity (Wildman–Crippen MR) is 84.1 cm³/mol. The van der Waals surface area contributed by atoms with Crippen molar-refractivity contribution in [3.8, 4) is 0 Å². The van der Waals surface area contributed by atoms with Gasteiger partial charge in [-0.2, -0.15) is 4.31 Å². The molecule has 0 amide bonds. The van der Waals surface area contributed by atoms with E-state index >= 15 is 0 Å². The van der Waals surface area contributed by atoms with Crippen LogP contribution in [-0.2, 0) is 20.5 Å². The van der Waals surface area contributed by atoms with Gasteiger partial charge in [0.25, 0.3) is 0 Å². The number of rotatable bonds is 8. The first-order valence-electron chi connectivity index (χ1n) is 6.26. The van der Waals surface area contributed by atoms with Crippen molar-refractivity contribution in [3.63, 3.8) is 0 Å². The maximum atomic E-state index is 12.4.